The van der Waals surface area contributed by atoms with Gasteiger partial charge in [-0.15, -0.1) is 0 Å². The van der Waals surface area contributed by atoms with Gasteiger partial charge in [-0.2, -0.15) is 0 Å². The smallest absolute Gasteiger partial charge is 0.254 e. The minimum atomic E-state index is 0.0664. The quantitative estimate of drug-likeness (QED) is 0.660. The van der Waals surface area contributed by atoms with E-state index in [1.165, 1.54) is 5.56 Å². The predicted molar refractivity (Wildman–Crippen MR) is 112 cm³/mol. The number of hydrogen-bond donors (Lipinski definition) is 0. The molecule has 0 unspecified atom stereocenters. The number of amides is 1. The van der Waals surface area contributed by atoms with E-state index in [-0.39, 0.29) is 5.91 Å². The van der Waals surface area contributed by atoms with Crippen molar-refractivity contribution >= 4 is 12.0 Å². The second-order valence-corrected chi connectivity index (χ2v) is 6.77. The van der Waals surface area contributed by atoms with Crippen molar-refractivity contribution in [1.29, 1.82) is 0 Å². The summed E-state index contributed by atoms with van der Waals surface area (Å²) >= 11 is 0. The molecule has 0 bridgehead atoms. The lowest BCUT2D eigenvalue weighted by Crippen LogP contribution is -2.48. The fourth-order valence-corrected chi connectivity index (χ4v) is 3.18. The summed E-state index contributed by atoms with van der Waals surface area (Å²) in [5.41, 5.74) is 1.89. The summed E-state index contributed by atoms with van der Waals surface area (Å²) in [6.45, 7) is 5.16. The molecule has 0 aromatic heterocycles. The summed E-state index contributed by atoms with van der Waals surface area (Å²) in [6.07, 6.45) is 4.33. The maximum atomic E-state index is 12.8. The summed E-state index contributed by atoms with van der Waals surface area (Å²) in [6, 6.07) is 17.7. The number of nitrogens with zero attached hydrogens (tertiary/aromatic N) is 2. The van der Waals surface area contributed by atoms with Crippen molar-refractivity contribution < 1.29 is 14.3 Å². The van der Waals surface area contributed by atoms with Crippen LogP contribution in [0.25, 0.3) is 6.08 Å². The van der Waals surface area contributed by atoms with Crippen LogP contribution < -0.4 is 4.74 Å². The Labute approximate surface area is 167 Å². The molecule has 0 radical (unpaired) electrons. The Morgan fingerprint density at radius 3 is 2.54 bits per heavy atom. The Bertz CT molecular complexity index is 768. The third-order valence-corrected chi connectivity index (χ3v) is 4.77. The highest BCUT2D eigenvalue weighted by molar-refractivity contribution is 5.94. The van der Waals surface area contributed by atoms with Crippen LogP contribution >= 0.6 is 0 Å². The molecular formula is C23H28N2O3. The Morgan fingerprint density at radius 1 is 1.00 bits per heavy atom. The van der Waals surface area contributed by atoms with Crippen LogP contribution in [-0.4, -0.2) is 68.8 Å². The first-order valence-electron chi connectivity index (χ1n) is 9.71. The first-order chi connectivity index (χ1) is 13.8. The molecule has 0 spiro atoms. The van der Waals surface area contributed by atoms with E-state index in [0.717, 1.165) is 32.7 Å². The second kappa shape index (κ2) is 10.6. The van der Waals surface area contributed by atoms with E-state index in [0.29, 0.717) is 24.5 Å². The van der Waals surface area contributed by atoms with Crippen LogP contribution in [0.4, 0.5) is 0 Å². The molecule has 2 aromatic rings. The minimum absolute atomic E-state index is 0.0664. The number of methoxy groups -OCH3 is 1. The number of hydrogen-bond acceptors (Lipinski definition) is 4. The molecule has 1 saturated heterocycles. The lowest BCUT2D eigenvalue weighted by Gasteiger charge is -2.34. The van der Waals surface area contributed by atoms with Crippen molar-refractivity contribution in [3.8, 4) is 5.75 Å². The van der Waals surface area contributed by atoms with Gasteiger partial charge >= 0.3 is 0 Å². The first kappa shape index (κ1) is 20.1. The maximum Gasteiger partial charge on any atom is 0.254 e. The molecule has 5 heteroatoms. The van der Waals surface area contributed by atoms with Crippen molar-refractivity contribution in [2.24, 2.45) is 0 Å². The summed E-state index contributed by atoms with van der Waals surface area (Å²) in [4.78, 5) is 17.1. The largest absolute Gasteiger partial charge is 0.491 e. The molecular weight excluding hydrogens is 352 g/mol. The van der Waals surface area contributed by atoms with Crippen LogP contribution in [0.15, 0.2) is 60.7 Å². The molecule has 1 heterocycles. The van der Waals surface area contributed by atoms with Gasteiger partial charge in [0, 0.05) is 45.4 Å². The molecule has 1 aliphatic rings. The molecule has 2 aromatic carbocycles. The van der Waals surface area contributed by atoms with Crippen molar-refractivity contribution in [2.45, 2.75) is 0 Å². The third-order valence-electron chi connectivity index (χ3n) is 4.77. The third kappa shape index (κ3) is 5.94. The fourth-order valence-electron chi connectivity index (χ4n) is 3.18. The summed E-state index contributed by atoms with van der Waals surface area (Å²) in [7, 11) is 1.64. The van der Waals surface area contributed by atoms with Gasteiger partial charge in [0.2, 0.25) is 0 Å². The normalized spacial score (nSPS) is 15.1. The van der Waals surface area contributed by atoms with Crippen LogP contribution in [0, 0.1) is 0 Å². The van der Waals surface area contributed by atoms with Gasteiger partial charge in [-0.1, -0.05) is 48.6 Å². The minimum Gasteiger partial charge on any atom is -0.491 e. The highest BCUT2D eigenvalue weighted by atomic mass is 16.5. The Balaban J connectivity index is 1.47. The lowest BCUT2D eigenvalue weighted by atomic mass is 10.1. The SMILES string of the molecule is COCCOc1cccc(C(=O)N2CCN(C/C=C/c3ccccc3)CC2)c1. The Morgan fingerprint density at radius 2 is 1.79 bits per heavy atom. The number of carbonyl (C=O) groups is 1. The van der Waals surface area contributed by atoms with Gasteiger partial charge in [0.1, 0.15) is 12.4 Å². The van der Waals surface area contributed by atoms with Crippen LogP contribution in [0.1, 0.15) is 15.9 Å². The molecule has 1 fully saturated rings. The zero-order valence-electron chi connectivity index (χ0n) is 16.4. The molecule has 0 atom stereocenters. The van der Waals surface area contributed by atoms with Crippen LogP contribution in [0.2, 0.25) is 0 Å². The molecule has 28 heavy (non-hydrogen) atoms. The molecule has 1 amide bonds. The van der Waals surface area contributed by atoms with E-state index in [4.69, 9.17) is 9.47 Å². The second-order valence-electron chi connectivity index (χ2n) is 6.77. The van der Waals surface area contributed by atoms with Gasteiger partial charge in [0.25, 0.3) is 5.91 Å². The van der Waals surface area contributed by atoms with Gasteiger partial charge in [0.05, 0.1) is 6.61 Å². The summed E-state index contributed by atoms with van der Waals surface area (Å²) < 4.78 is 10.6. The van der Waals surface area contributed by atoms with E-state index in [1.54, 1.807) is 7.11 Å². The van der Waals surface area contributed by atoms with Crippen molar-refractivity contribution in [2.75, 3.05) is 53.0 Å². The van der Waals surface area contributed by atoms with E-state index in [2.05, 4.69) is 29.2 Å². The van der Waals surface area contributed by atoms with E-state index in [9.17, 15) is 4.79 Å². The molecule has 1 aliphatic heterocycles. The van der Waals surface area contributed by atoms with Gasteiger partial charge in [-0.05, 0) is 23.8 Å². The van der Waals surface area contributed by atoms with Gasteiger partial charge in [0.15, 0.2) is 0 Å². The van der Waals surface area contributed by atoms with Gasteiger partial charge in [-0.3, -0.25) is 9.69 Å². The topological polar surface area (TPSA) is 42.0 Å². The average Bonchev–Trinajstić information content (AvgIpc) is 2.75. The standard InChI is InChI=1S/C23H28N2O3/c1-27-17-18-28-22-11-5-10-21(19-22)23(26)25-15-13-24(14-16-25)12-6-9-20-7-3-2-4-8-20/h2-11,19H,12-18H2,1H3/b9-6+. The van der Waals surface area contributed by atoms with Crippen molar-refractivity contribution in [1.82, 2.24) is 9.80 Å². The molecule has 0 N–H and O–H groups in total. The summed E-state index contributed by atoms with van der Waals surface area (Å²) in [5.74, 6) is 0.768. The average molecular weight is 380 g/mol. The van der Waals surface area contributed by atoms with Crippen molar-refractivity contribution in [3.05, 3.63) is 71.8 Å². The fraction of sp³-hybridized carbons (Fsp3) is 0.348. The molecule has 5 nitrogen and oxygen atoms in total. The first-order valence-corrected chi connectivity index (χ1v) is 9.71. The number of rotatable bonds is 8. The van der Waals surface area contributed by atoms with E-state index in [1.807, 2.05) is 47.4 Å². The zero-order chi connectivity index (χ0) is 19.6. The molecule has 0 aliphatic carbocycles. The van der Waals surface area contributed by atoms with E-state index < -0.39 is 0 Å². The number of ether oxygens (including phenoxy) is 2. The highest BCUT2D eigenvalue weighted by Gasteiger charge is 2.21. The Hall–Kier alpha value is -2.63. The van der Waals surface area contributed by atoms with Crippen LogP contribution in [0.5, 0.6) is 5.75 Å². The predicted octanol–water partition coefficient (Wildman–Crippen LogP) is 3.18. The summed E-state index contributed by atoms with van der Waals surface area (Å²) in [5, 5.41) is 0. The molecule has 3 rings (SSSR count). The van der Waals surface area contributed by atoms with Gasteiger partial charge < -0.3 is 14.4 Å². The van der Waals surface area contributed by atoms with Crippen LogP contribution in [0.3, 0.4) is 0 Å². The number of piperazine rings is 1. The maximum absolute atomic E-state index is 12.8. The monoisotopic (exact) mass is 380 g/mol. The number of benzene rings is 2. The molecule has 148 valence electrons. The molecule has 0 saturated carbocycles. The lowest BCUT2D eigenvalue weighted by molar-refractivity contribution is 0.0649. The number of carbonyl (C=O) groups excluding carboxylic acids is 1. The Kier molecular flexibility index (Phi) is 7.64. The van der Waals surface area contributed by atoms with Crippen molar-refractivity contribution in [3.63, 3.8) is 0 Å². The zero-order valence-corrected chi connectivity index (χ0v) is 16.4. The van der Waals surface area contributed by atoms with E-state index >= 15 is 0 Å². The van der Waals surface area contributed by atoms with Crippen LogP contribution in [-0.2, 0) is 4.74 Å². The highest BCUT2D eigenvalue weighted by Crippen LogP contribution is 2.16. The van der Waals surface area contributed by atoms with Gasteiger partial charge in [-0.25, -0.2) is 0 Å².